The Morgan fingerprint density at radius 2 is 2.00 bits per heavy atom. The Kier molecular flexibility index (Phi) is 6.50. The molecule has 0 aliphatic carbocycles. The highest BCUT2D eigenvalue weighted by Crippen LogP contribution is 2.12. The Morgan fingerprint density at radius 3 is 2.63 bits per heavy atom. The van der Waals surface area contributed by atoms with Crippen molar-refractivity contribution in [3.63, 3.8) is 0 Å². The van der Waals surface area contributed by atoms with Crippen molar-refractivity contribution in [2.24, 2.45) is 5.92 Å². The third-order valence-electron chi connectivity index (χ3n) is 2.78. The summed E-state index contributed by atoms with van der Waals surface area (Å²) in [6.45, 7) is 6.67. The molecule has 1 N–H and O–H groups in total. The van der Waals surface area contributed by atoms with Crippen LogP contribution in [0.2, 0.25) is 0 Å². The predicted octanol–water partition coefficient (Wildman–Crippen LogP) is 2.55. The lowest BCUT2D eigenvalue weighted by Gasteiger charge is -2.13. The summed E-state index contributed by atoms with van der Waals surface area (Å²) in [5, 5.41) is 2.79. The summed E-state index contributed by atoms with van der Waals surface area (Å²) in [5.74, 6) is -0.586. The molecule has 1 amide bonds. The number of hydrogen-bond acceptors (Lipinski definition) is 2. The number of carbonyl (C=O) groups excluding carboxylic acids is 1. The van der Waals surface area contributed by atoms with E-state index in [1.807, 2.05) is 13.8 Å². The standard InChI is InChI=1S/C15H22FNO2/c1-11(2)19-9-8-17-15(18)12(3)10-13-6-4-5-7-14(13)16/h4-7,11-12H,8-10H2,1-3H3,(H,17,18). The minimum absolute atomic E-state index is 0.0735. The highest BCUT2D eigenvalue weighted by Gasteiger charge is 2.14. The van der Waals surface area contributed by atoms with Crippen LogP contribution < -0.4 is 5.32 Å². The maximum absolute atomic E-state index is 13.5. The zero-order chi connectivity index (χ0) is 14.3. The van der Waals surface area contributed by atoms with Crippen LogP contribution >= 0.6 is 0 Å². The van der Waals surface area contributed by atoms with Crippen LogP contribution in [0.3, 0.4) is 0 Å². The van der Waals surface area contributed by atoms with E-state index in [0.717, 1.165) is 0 Å². The average Bonchev–Trinajstić information content (AvgIpc) is 2.36. The lowest BCUT2D eigenvalue weighted by Crippen LogP contribution is -2.33. The number of carbonyl (C=O) groups is 1. The van der Waals surface area contributed by atoms with E-state index in [2.05, 4.69) is 5.32 Å². The third-order valence-corrected chi connectivity index (χ3v) is 2.78. The van der Waals surface area contributed by atoms with Gasteiger partial charge in [-0.2, -0.15) is 0 Å². The number of amides is 1. The molecule has 0 aliphatic rings. The van der Waals surface area contributed by atoms with E-state index in [1.165, 1.54) is 6.07 Å². The second kappa shape index (κ2) is 7.89. The van der Waals surface area contributed by atoms with Crippen molar-refractivity contribution in [3.05, 3.63) is 35.6 Å². The van der Waals surface area contributed by atoms with Crippen LogP contribution in [-0.4, -0.2) is 25.2 Å². The molecule has 0 saturated carbocycles. The van der Waals surface area contributed by atoms with Gasteiger partial charge in [0.15, 0.2) is 0 Å². The molecule has 0 fully saturated rings. The van der Waals surface area contributed by atoms with Gasteiger partial charge in [-0.3, -0.25) is 4.79 Å². The predicted molar refractivity (Wildman–Crippen MR) is 73.4 cm³/mol. The van der Waals surface area contributed by atoms with E-state index >= 15 is 0 Å². The first kappa shape index (κ1) is 15.6. The van der Waals surface area contributed by atoms with Crippen LogP contribution in [0.25, 0.3) is 0 Å². The molecule has 0 spiro atoms. The van der Waals surface area contributed by atoms with Crippen molar-refractivity contribution < 1.29 is 13.9 Å². The molecule has 106 valence electrons. The Balaban J connectivity index is 2.35. The number of rotatable bonds is 7. The van der Waals surface area contributed by atoms with Crippen molar-refractivity contribution in [2.45, 2.75) is 33.3 Å². The fourth-order valence-electron chi connectivity index (χ4n) is 1.73. The first-order valence-electron chi connectivity index (χ1n) is 6.63. The lowest BCUT2D eigenvalue weighted by atomic mass is 10.00. The highest BCUT2D eigenvalue weighted by atomic mass is 19.1. The first-order chi connectivity index (χ1) is 9.00. The van der Waals surface area contributed by atoms with Gasteiger partial charge in [-0.15, -0.1) is 0 Å². The van der Waals surface area contributed by atoms with Crippen molar-refractivity contribution in [1.29, 1.82) is 0 Å². The molecule has 1 aromatic carbocycles. The topological polar surface area (TPSA) is 38.3 Å². The van der Waals surface area contributed by atoms with Gasteiger partial charge in [0.1, 0.15) is 5.82 Å². The van der Waals surface area contributed by atoms with Crippen molar-refractivity contribution >= 4 is 5.91 Å². The molecule has 1 unspecified atom stereocenters. The molecule has 4 heteroatoms. The van der Waals surface area contributed by atoms with Gasteiger partial charge in [-0.1, -0.05) is 25.1 Å². The van der Waals surface area contributed by atoms with Crippen LogP contribution in [0, 0.1) is 11.7 Å². The molecule has 0 saturated heterocycles. The minimum Gasteiger partial charge on any atom is -0.377 e. The van der Waals surface area contributed by atoms with E-state index in [4.69, 9.17) is 4.74 Å². The fraction of sp³-hybridized carbons (Fsp3) is 0.533. The maximum Gasteiger partial charge on any atom is 0.223 e. The van der Waals surface area contributed by atoms with Crippen LogP contribution in [-0.2, 0) is 16.0 Å². The zero-order valence-electron chi connectivity index (χ0n) is 11.8. The Bertz CT molecular complexity index is 407. The maximum atomic E-state index is 13.5. The van der Waals surface area contributed by atoms with Crippen LogP contribution in [0.15, 0.2) is 24.3 Å². The summed E-state index contributed by atoms with van der Waals surface area (Å²) in [6, 6.07) is 6.55. The molecule has 0 bridgehead atoms. The molecule has 0 radical (unpaired) electrons. The van der Waals surface area contributed by atoms with Gasteiger partial charge in [0.25, 0.3) is 0 Å². The molecule has 19 heavy (non-hydrogen) atoms. The molecule has 3 nitrogen and oxygen atoms in total. The second-order valence-electron chi connectivity index (χ2n) is 4.91. The fourth-order valence-corrected chi connectivity index (χ4v) is 1.73. The van der Waals surface area contributed by atoms with Gasteiger partial charge < -0.3 is 10.1 Å². The zero-order valence-corrected chi connectivity index (χ0v) is 11.8. The number of halogens is 1. The Hall–Kier alpha value is -1.42. The van der Waals surface area contributed by atoms with Crippen LogP contribution in [0.5, 0.6) is 0 Å². The van der Waals surface area contributed by atoms with Crippen molar-refractivity contribution in [2.75, 3.05) is 13.2 Å². The normalized spacial score (nSPS) is 12.5. The second-order valence-corrected chi connectivity index (χ2v) is 4.91. The SMILES string of the molecule is CC(C)OCCNC(=O)C(C)Cc1ccccc1F. The third kappa shape index (κ3) is 5.83. The number of benzene rings is 1. The molecular weight excluding hydrogens is 245 g/mol. The molecule has 0 aromatic heterocycles. The largest absolute Gasteiger partial charge is 0.377 e. The van der Waals surface area contributed by atoms with E-state index in [9.17, 15) is 9.18 Å². The minimum atomic E-state index is -0.259. The van der Waals surface area contributed by atoms with Crippen molar-refractivity contribution in [1.82, 2.24) is 5.32 Å². The van der Waals surface area contributed by atoms with Gasteiger partial charge >= 0.3 is 0 Å². The first-order valence-corrected chi connectivity index (χ1v) is 6.63. The molecule has 1 atom stereocenters. The summed E-state index contributed by atoms with van der Waals surface area (Å²) in [5.41, 5.74) is 0.573. The van der Waals surface area contributed by atoms with E-state index in [1.54, 1.807) is 25.1 Å². The number of nitrogens with one attached hydrogen (secondary N) is 1. The summed E-state index contributed by atoms with van der Waals surface area (Å²) in [6.07, 6.45) is 0.566. The van der Waals surface area contributed by atoms with Gasteiger partial charge in [0, 0.05) is 12.5 Å². The van der Waals surface area contributed by atoms with Gasteiger partial charge in [0.05, 0.1) is 12.7 Å². The van der Waals surface area contributed by atoms with Gasteiger partial charge in [0.2, 0.25) is 5.91 Å². The van der Waals surface area contributed by atoms with Gasteiger partial charge in [-0.25, -0.2) is 4.39 Å². The van der Waals surface area contributed by atoms with Gasteiger partial charge in [-0.05, 0) is 31.9 Å². The Labute approximate surface area is 114 Å². The number of hydrogen-bond donors (Lipinski definition) is 1. The molecular formula is C15H22FNO2. The summed E-state index contributed by atoms with van der Waals surface area (Å²) < 4.78 is 18.8. The van der Waals surface area contributed by atoms with Crippen LogP contribution in [0.4, 0.5) is 4.39 Å². The summed E-state index contributed by atoms with van der Waals surface area (Å²) >= 11 is 0. The smallest absolute Gasteiger partial charge is 0.223 e. The van der Waals surface area contributed by atoms with Crippen molar-refractivity contribution in [3.8, 4) is 0 Å². The molecule has 1 aromatic rings. The van der Waals surface area contributed by atoms with E-state index in [0.29, 0.717) is 25.1 Å². The van der Waals surface area contributed by atoms with E-state index in [-0.39, 0.29) is 23.7 Å². The number of ether oxygens (including phenoxy) is 1. The average molecular weight is 267 g/mol. The quantitative estimate of drug-likeness (QED) is 0.771. The highest BCUT2D eigenvalue weighted by molar-refractivity contribution is 5.78. The van der Waals surface area contributed by atoms with E-state index < -0.39 is 0 Å². The summed E-state index contributed by atoms with van der Waals surface area (Å²) in [4.78, 5) is 11.8. The Morgan fingerprint density at radius 1 is 1.32 bits per heavy atom. The molecule has 0 heterocycles. The lowest BCUT2D eigenvalue weighted by molar-refractivity contribution is -0.124. The van der Waals surface area contributed by atoms with Crippen LogP contribution in [0.1, 0.15) is 26.3 Å². The molecule has 1 rings (SSSR count). The summed E-state index contributed by atoms with van der Waals surface area (Å²) in [7, 11) is 0. The molecule has 0 aliphatic heterocycles. The monoisotopic (exact) mass is 267 g/mol.